The SMILES string of the molecule is CC(C)c1cccc(Oc2c(F)cccc2[C@H](C)O)c1. The summed E-state index contributed by atoms with van der Waals surface area (Å²) in [5.41, 5.74) is 1.57. The van der Waals surface area contributed by atoms with Crippen LogP contribution in [0.3, 0.4) is 0 Å². The molecule has 0 unspecified atom stereocenters. The van der Waals surface area contributed by atoms with Crippen molar-refractivity contribution in [2.75, 3.05) is 0 Å². The maximum atomic E-state index is 13.9. The lowest BCUT2D eigenvalue weighted by Gasteiger charge is -2.15. The minimum absolute atomic E-state index is 0.0865. The van der Waals surface area contributed by atoms with Crippen LogP contribution in [-0.4, -0.2) is 5.11 Å². The molecule has 0 saturated heterocycles. The van der Waals surface area contributed by atoms with E-state index in [-0.39, 0.29) is 5.75 Å². The Morgan fingerprint density at radius 3 is 2.40 bits per heavy atom. The summed E-state index contributed by atoms with van der Waals surface area (Å²) >= 11 is 0. The van der Waals surface area contributed by atoms with Gasteiger partial charge in [-0.25, -0.2) is 4.39 Å². The fraction of sp³-hybridized carbons (Fsp3) is 0.294. The van der Waals surface area contributed by atoms with E-state index in [2.05, 4.69) is 13.8 Å². The van der Waals surface area contributed by atoms with Gasteiger partial charge in [-0.2, -0.15) is 0 Å². The van der Waals surface area contributed by atoms with Crippen molar-refractivity contribution < 1.29 is 14.2 Å². The average Bonchev–Trinajstić information content (AvgIpc) is 2.41. The lowest BCUT2D eigenvalue weighted by molar-refractivity contribution is 0.194. The van der Waals surface area contributed by atoms with E-state index in [1.54, 1.807) is 25.1 Å². The molecule has 0 amide bonds. The van der Waals surface area contributed by atoms with Crippen LogP contribution < -0.4 is 4.74 Å². The smallest absolute Gasteiger partial charge is 0.168 e. The summed E-state index contributed by atoms with van der Waals surface area (Å²) in [7, 11) is 0. The largest absolute Gasteiger partial charge is 0.454 e. The predicted octanol–water partition coefficient (Wildman–Crippen LogP) is 4.79. The topological polar surface area (TPSA) is 29.5 Å². The number of benzene rings is 2. The Kier molecular flexibility index (Phi) is 4.40. The van der Waals surface area contributed by atoms with Crippen LogP contribution in [-0.2, 0) is 0 Å². The number of hydrogen-bond acceptors (Lipinski definition) is 2. The zero-order valence-corrected chi connectivity index (χ0v) is 11.9. The minimum atomic E-state index is -0.783. The second kappa shape index (κ2) is 6.06. The van der Waals surface area contributed by atoms with Gasteiger partial charge < -0.3 is 9.84 Å². The first kappa shape index (κ1) is 14.5. The van der Waals surface area contributed by atoms with Crippen molar-refractivity contribution in [2.24, 2.45) is 0 Å². The Labute approximate surface area is 118 Å². The maximum Gasteiger partial charge on any atom is 0.168 e. The highest BCUT2D eigenvalue weighted by Crippen LogP contribution is 2.33. The van der Waals surface area contributed by atoms with Gasteiger partial charge in [0.2, 0.25) is 0 Å². The normalized spacial score (nSPS) is 12.5. The zero-order valence-electron chi connectivity index (χ0n) is 11.9. The summed E-state index contributed by atoms with van der Waals surface area (Å²) in [5, 5.41) is 9.70. The van der Waals surface area contributed by atoms with Crippen LogP contribution in [0.4, 0.5) is 4.39 Å². The van der Waals surface area contributed by atoms with Gasteiger partial charge in [-0.15, -0.1) is 0 Å². The quantitative estimate of drug-likeness (QED) is 0.868. The highest BCUT2D eigenvalue weighted by atomic mass is 19.1. The van der Waals surface area contributed by atoms with Gasteiger partial charge >= 0.3 is 0 Å². The van der Waals surface area contributed by atoms with Gasteiger partial charge in [0.1, 0.15) is 5.75 Å². The lowest BCUT2D eigenvalue weighted by atomic mass is 10.0. The molecule has 0 spiro atoms. The molecule has 1 atom stereocenters. The van der Waals surface area contributed by atoms with Gasteiger partial charge in [-0.1, -0.05) is 38.1 Å². The van der Waals surface area contributed by atoms with Crippen molar-refractivity contribution in [3.63, 3.8) is 0 Å². The molecular formula is C17H19FO2. The van der Waals surface area contributed by atoms with Gasteiger partial charge in [0, 0.05) is 5.56 Å². The number of rotatable bonds is 4. The minimum Gasteiger partial charge on any atom is -0.454 e. The van der Waals surface area contributed by atoms with E-state index in [4.69, 9.17) is 4.74 Å². The van der Waals surface area contributed by atoms with Gasteiger partial charge in [-0.05, 0) is 36.6 Å². The van der Waals surface area contributed by atoms with Gasteiger partial charge in [0.25, 0.3) is 0 Å². The van der Waals surface area contributed by atoms with Crippen LogP contribution in [0, 0.1) is 5.82 Å². The molecule has 0 bridgehead atoms. The summed E-state index contributed by atoms with van der Waals surface area (Å²) in [6.45, 7) is 5.76. The maximum absolute atomic E-state index is 13.9. The van der Waals surface area contributed by atoms with Crippen molar-refractivity contribution in [1.82, 2.24) is 0 Å². The molecule has 0 aliphatic heterocycles. The number of aliphatic hydroxyl groups is 1. The van der Waals surface area contributed by atoms with Crippen molar-refractivity contribution in [2.45, 2.75) is 32.8 Å². The standard InChI is InChI=1S/C17H19FO2/c1-11(2)13-6-4-7-14(10-13)20-17-15(12(3)19)8-5-9-16(17)18/h4-12,19H,1-3H3/t12-/m0/s1. The van der Waals surface area contributed by atoms with E-state index in [9.17, 15) is 9.50 Å². The Bertz CT molecular complexity index is 591. The summed E-state index contributed by atoms with van der Waals surface area (Å²) in [4.78, 5) is 0. The van der Waals surface area contributed by atoms with Gasteiger partial charge in [0.15, 0.2) is 11.6 Å². The first-order valence-electron chi connectivity index (χ1n) is 6.73. The van der Waals surface area contributed by atoms with E-state index in [1.807, 2.05) is 18.2 Å². The molecule has 0 radical (unpaired) electrons. The van der Waals surface area contributed by atoms with Crippen molar-refractivity contribution in [1.29, 1.82) is 0 Å². The van der Waals surface area contributed by atoms with Gasteiger partial charge in [0.05, 0.1) is 6.10 Å². The highest BCUT2D eigenvalue weighted by molar-refractivity contribution is 5.41. The summed E-state index contributed by atoms with van der Waals surface area (Å²) in [6.07, 6.45) is -0.783. The Hall–Kier alpha value is -1.87. The molecule has 2 rings (SSSR count). The first-order valence-corrected chi connectivity index (χ1v) is 6.73. The van der Waals surface area contributed by atoms with Crippen molar-refractivity contribution in [3.8, 4) is 11.5 Å². The van der Waals surface area contributed by atoms with Crippen molar-refractivity contribution >= 4 is 0 Å². The molecule has 0 aromatic heterocycles. The van der Waals surface area contributed by atoms with E-state index >= 15 is 0 Å². The number of hydrogen-bond donors (Lipinski definition) is 1. The number of para-hydroxylation sites is 1. The van der Waals surface area contributed by atoms with E-state index < -0.39 is 11.9 Å². The number of ether oxygens (including phenoxy) is 1. The third-order valence-corrected chi connectivity index (χ3v) is 3.19. The summed E-state index contributed by atoms with van der Waals surface area (Å²) < 4.78 is 19.6. The third-order valence-electron chi connectivity index (χ3n) is 3.19. The van der Waals surface area contributed by atoms with Crippen LogP contribution in [0.2, 0.25) is 0 Å². The summed E-state index contributed by atoms with van der Waals surface area (Å²) in [6, 6.07) is 12.1. The monoisotopic (exact) mass is 274 g/mol. The molecule has 2 nitrogen and oxygen atoms in total. The third kappa shape index (κ3) is 3.17. The Morgan fingerprint density at radius 2 is 1.75 bits per heavy atom. The molecule has 0 aliphatic carbocycles. The van der Waals surface area contributed by atoms with Crippen LogP contribution in [0.25, 0.3) is 0 Å². The molecular weight excluding hydrogens is 255 g/mol. The molecule has 1 N–H and O–H groups in total. The van der Waals surface area contributed by atoms with Crippen LogP contribution in [0.15, 0.2) is 42.5 Å². The van der Waals surface area contributed by atoms with E-state index in [0.29, 0.717) is 17.2 Å². The molecule has 0 heterocycles. The first-order chi connectivity index (χ1) is 9.49. The van der Waals surface area contributed by atoms with E-state index in [0.717, 1.165) is 5.56 Å². The Balaban J connectivity index is 2.37. The molecule has 106 valence electrons. The van der Waals surface area contributed by atoms with Crippen LogP contribution in [0.1, 0.15) is 43.9 Å². The van der Waals surface area contributed by atoms with Crippen LogP contribution >= 0.6 is 0 Å². The molecule has 20 heavy (non-hydrogen) atoms. The fourth-order valence-electron chi connectivity index (χ4n) is 2.02. The number of halogens is 1. The van der Waals surface area contributed by atoms with Crippen molar-refractivity contribution in [3.05, 3.63) is 59.4 Å². The molecule has 0 fully saturated rings. The zero-order chi connectivity index (χ0) is 14.7. The molecule has 0 aliphatic rings. The predicted molar refractivity (Wildman–Crippen MR) is 77.6 cm³/mol. The second-order valence-electron chi connectivity index (χ2n) is 5.16. The average molecular weight is 274 g/mol. The van der Waals surface area contributed by atoms with Gasteiger partial charge in [-0.3, -0.25) is 0 Å². The van der Waals surface area contributed by atoms with E-state index in [1.165, 1.54) is 6.07 Å². The molecule has 3 heteroatoms. The number of aliphatic hydroxyl groups excluding tert-OH is 1. The molecule has 0 saturated carbocycles. The second-order valence-corrected chi connectivity index (χ2v) is 5.16. The Morgan fingerprint density at radius 1 is 1.05 bits per heavy atom. The molecule has 2 aromatic carbocycles. The molecule has 2 aromatic rings. The van der Waals surface area contributed by atoms with Crippen LogP contribution in [0.5, 0.6) is 11.5 Å². The lowest BCUT2D eigenvalue weighted by Crippen LogP contribution is -1.99. The fourth-order valence-corrected chi connectivity index (χ4v) is 2.02. The highest BCUT2D eigenvalue weighted by Gasteiger charge is 2.15. The summed E-state index contributed by atoms with van der Waals surface area (Å²) in [5.74, 6) is 0.556.